The third-order valence-corrected chi connectivity index (χ3v) is 4.17. The number of ether oxygens (including phenoxy) is 2. The molecule has 1 aromatic carbocycles. The number of aromatic nitrogens is 2. The highest BCUT2D eigenvalue weighted by atomic mass is 35.5. The monoisotopic (exact) mass is 378 g/mol. The maximum absolute atomic E-state index is 6.18. The van der Waals surface area contributed by atoms with Gasteiger partial charge in [0.25, 0.3) is 0 Å². The van der Waals surface area contributed by atoms with Crippen LogP contribution >= 0.6 is 11.6 Å². The number of methoxy groups -OCH3 is 2. The lowest BCUT2D eigenvalue weighted by Crippen LogP contribution is -2.26. The Bertz CT molecular complexity index is 734. The first kappa shape index (κ1) is 20.1. The van der Waals surface area contributed by atoms with Crippen molar-refractivity contribution in [1.29, 1.82) is 0 Å². The zero-order chi connectivity index (χ0) is 19.1. The third kappa shape index (κ3) is 4.91. The summed E-state index contributed by atoms with van der Waals surface area (Å²) < 4.78 is 10.7. The smallest absolute Gasteiger partial charge is 0.144 e. The molecule has 2 aromatic rings. The average molecular weight is 379 g/mol. The molecule has 1 heterocycles. The van der Waals surface area contributed by atoms with E-state index < -0.39 is 0 Å². The van der Waals surface area contributed by atoms with Crippen molar-refractivity contribution >= 4 is 28.9 Å². The van der Waals surface area contributed by atoms with Gasteiger partial charge in [0.2, 0.25) is 0 Å². The normalized spacial score (nSPS) is 10.5. The van der Waals surface area contributed by atoms with Crippen molar-refractivity contribution in [1.82, 2.24) is 9.97 Å². The molecule has 1 aromatic heterocycles. The summed E-state index contributed by atoms with van der Waals surface area (Å²) >= 11 is 6.18. The molecule has 0 unspecified atom stereocenters. The van der Waals surface area contributed by atoms with Crippen molar-refractivity contribution < 1.29 is 9.47 Å². The largest absolute Gasteiger partial charge is 0.495 e. The van der Waals surface area contributed by atoms with Gasteiger partial charge in [0.15, 0.2) is 0 Å². The molecule has 0 amide bonds. The molecular weight excluding hydrogens is 352 g/mol. The molecule has 0 atom stereocenters. The number of rotatable bonds is 9. The van der Waals surface area contributed by atoms with E-state index in [9.17, 15) is 0 Å². The second kappa shape index (κ2) is 9.48. The van der Waals surface area contributed by atoms with Crippen LogP contribution in [0.1, 0.15) is 32.5 Å². The second-order valence-electron chi connectivity index (χ2n) is 5.96. The molecule has 0 saturated carbocycles. The van der Waals surface area contributed by atoms with Crippen molar-refractivity contribution in [2.75, 3.05) is 37.5 Å². The van der Waals surface area contributed by atoms with Crippen LogP contribution in [-0.4, -0.2) is 37.3 Å². The first-order valence-electron chi connectivity index (χ1n) is 8.81. The summed E-state index contributed by atoms with van der Waals surface area (Å²) in [5, 5.41) is 3.80. The summed E-state index contributed by atoms with van der Waals surface area (Å²) in [6.07, 6.45) is 2.13. The molecule has 0 aliphatic rings. The molecule has 0 aliphatic heterocycles. The molecule has 0 spiro atoms. The maximum Gasteiger partial charge on any atom is 0.144 e. The van der Waals surface area contributed by atoms with Gasteiger partial charge >= 0.3 is 0 Å². The van der Waals surface area contributed by atoms with Crippen molar-refractivity contribution in [2.24, 2.45) is 0 Å². The van der Waals surface area contributed by atoms with E-state index in [0.29, 0.717) is 28.2 Å². The summed E-state index contributed by atoms with van der Waals surface area (Å²) in [5.74, 6) is 3.52. The van der Waals surface area contributed by atoms with E-state index in [2.05, 4.69) is 34.0 Å². The Morgan fingerprint density at radius 2 is 1.65 bits per heavy atom. The van der Waals surface area contributed by atoms with Crippen LogP contribution in [0, 0.1) is 6.92 Å². The summed E-state index contributed by atoms with van der Waals surface area (Å²) in [7, 11) is 3.18. The molecule has 1 N–H and O–H groups in total. The molecule has 2 rings (SSSR count). The van der Waals surface area contributed by atoms with Crippen LogP contribution < -0.4 is 19.7 Å². The van der Waals surface area contributed by atoms with Crippen LogP contribution in [0.4, 0.5) is 17.3 Å². The summed E-state index contributed by atoms with van der Waals surface area (Å²) in [5.41, 5.74) is 0.732. The molecule has 0 aliphatic carbocycles. The van der Waals surface area contributed by atoms with Crippen LogP contribution in [-0.2, 0) is 0 Å². The van der Waals surface area contributed by atoms with E-state index >= 15 is 0 Å². The number of nitrogens with zero attached hydrogens (tertiary/aromatic N) is 3. The minimum atomic E-state index is 0.492. The fraction of sp³-hybridized carbons (Fsp3) is 0.474. The summed E-state index contributed by atoms with van der Waals surface area (Å²) in [6, 6.07) is 5.48. The minimum Gasteiger partial charge on any atom is -0.495 e. The van der Waals surface area contributed by atoms with Crippen LogP contribution in [0.25, 0.3) is 0 Å². The van der Waals surface area contributed by atoms with Crippen LogP contribution in [0.2, 0.25) is 5.02 Å². The van der Waals surface area contributed by atoms with Crippen LogP contribution in [0.5, 0.6) is 11.5 Å². The first-order valence-corrected chi connectivity index (χ1v) is 9.19. The van der Waals surface area contributed by atoms with Gasteiger partial charge < -0.3 is 19.7 Å². The van der Waals surface area contributed by atoms with Crippen molar-refractivity contribution in [2.45, 2.75) is 33.6 Å². The highest BCUT2D eigenvalue weighted by Crippen LogP contribution is 2.37. The number of hydrogen-bond donors (Lipinski definition) is 1. The van der Waals surface area contributed by atoms with Gasteiger partial charge in [0, 0.05) is 31.3 Å². The van der Waals surface area contributed by atoms with Crippen LogP contribution in [0.15, 0.2) is 18.2 Å². The number of aryl methyl sites for hydroxylation is 1. The molecule has 142 valence electrons. The number of benzene rings is 1. The molecule has 0 radical (unpaired) electrons. The van der Waals surface area contributed by atoms with Crippen molar-refractivity contribution in [3.8, 4) is 11.5 Å². The van der Waals surface area contributed by atoms with Gasteiger partial charge in [-0.3, -0.25) is 0 Å². The predicted octanol–water partition coefficient (Wildman–Crippen LogP) is 4.83. The van der Waals surface area contributed by atoms with E-state index in [1.807, 2.05) is 13.0 Å². The number of anilines is 3. The van der Waals surface area contributed by atoms with E-state index in [0.717, 1.165) is 37.4 Å². The lowest BCUT2D eigenvalue weighted by atomic mass is 10.2. The van der Waals surface area contributed by atoms with E-state index in [1.54, 1.807) is 26.4 Å². The van der Waals surface area contributed by atoms with Gasteiger partial charge in [-0.1, -0.05) is 25.4 Å². The Labute approximate surface area is 160 Å². The first-order chi connectivity index (χ1) is 12.5. The Hall–Kier alpha value is -2.21. The SMILES string of the molecule is CCCN(CCC)c1cc(Nc2cc(OC)c(Cl)cc2OC)nc(C)n1. The van der Waals surface area contributed by atoms with Crippen molar-refractivity contribution in [3.63, 3.8) is 0 Å². The predicted molar refractivity (Wildman–Crippen MR) is 107 cm³/mol. The number of hydrogen-bond acceptors (Lipinski definition) is 6. The summed E-state index contributed by atoms with van der Waals surface area (Å²) in [4.78, 5) is 11.4. The van der Waals surface area contributed by atoms with Crippen LogP contribution in [0.3, 0.4) is 0 Å². The minimum absolute atomic E-state index is 0.492. The topological polar surface area (TPSA) is 59.5 Å². The Morgan fingerprint density at radius 3 is 2.23 bits per heavy atom. The van der Waals surface area contributed by atoms with Gasteiger partial charge in [-0.25, -0.2) is 9.97 Å². The van der Waals surface area contributed by atoms with Gasteiger partial charge in [-0.15, -0.1) is 0 Å². The highest BCUT2D eigenvalue weighted by molar-refractivity contribution is 6.32. The van der Waals surface area contributed by atoms with E-state index in [1.165, 1.54) is 0 Å². The molecule has 6 nitrogen and oxygen atoms in total. The zero-order valence-corrected chi connectivity index (χ0v) is 16.9. The van der Waals surface area contributed by atoms with Gasteiger partial charge in [-0.05, 0) is 19.8 Å². The lowest BCUT2D eigenvalue weighted by molar-refractivity contribution is 0.405. The van der Waals surface area contributed by atoms with Gasteiger partial charge in [-0.2, -0.15) is 0 Å². The molecule has 0 bridgehead atoms. The Balaban J connectivity index is 2.38. The van der Waals surface area contributed by atoms with E-state index in [-0.39, 0.29) is 0 Å². The van der Waals surface area contributed by atoms with E-state index in [4.69, 9.17) is 21.1 Å². The van der Waals surface area contributed by atoms with Gasteiger partial charge in [0.1, 0.15) is 29.0 Å². The summed E-state index contributed by atoms with van der Waals surface area (Å²) in [6.45, 7) is 8.15. The highest BCUT2D eigenvalue weighted by Gasteiger charge is 2.13. The fourth-order valence-corrected chi connectivity index (χ4v) is 2.99. The fourth-order valence-electron chi connectivity index (χ4n) is 2.75. The lowest BCUT2D eigenvalue weighted by Gasteiger charge is -2.23. The average Bonchev–Trinajstić information content (AvgIpc) is 2.62. The molecule has 0 fully saturated rings. The quantitative estimate of drug-likeness (QED) is 0.674. The standard InChI is InChI=1S/C19H27ClN4O2/c1-6-8-24(9-7-2)19-12-18(21-13(3)22-19)23-15-11-16(25-4)14(20)10-17(15)26-5/h10-12H,6-9H2,1-5H3,(H,21,22,23). The molecule has 0 saturated heterocycles. The second-order valence-corrected chi connectivity index (χ2v) is 6.36. The Morgan fingerprint density at radius 1 is 1.00 bits per heavy atom. The zero-order valence-electron chi connectivity index (χ0n) is 16.1. The van der Waals surface area contributed by atoms with Gasteiger partial charge in [0.05, 0.1) is 24.9 Å². The molecule has 26 heavy (non-hydrogen) atoms. The molecule has 7 heteroatoms. The number of nitrogens with one attached hydrogen (secondary N) is 1. The third-order valence-electron chi connectivity index (χ3n) is 3.87. The Kier molecular flexibility index (Phi) is 7.33. The number of halogens is 1. The molecular formula is C19H27ClN4O2. The maximum atomic E-state index is 6.18. The van der Waals surface area contributed by atoms with Crippen molar-refractivity contribution in [3.05, 3.63) is 29.0 Å².